The molecule has 2 fully saturated rings. The molecule has 2 N–H and O–H groups in total. The minimum absolute atomic E-state index is 0.273. The van der Waals surface area contributed by atoms with Crippen LogP contribution in [0.4, 0.5) is 0 Å². The van der Waals surface area contributed by atoms with Crippen LogP contribution in [-0.2, 0) is 5.41 Å². The molecular formula is C20H29BrN4. The smallest absolute Gasteiger partial charge is 0.191 e. The van der Waals surface area contributed by atoms with Gasteiger partial charge in [0.15, 0.2) is 5.96 Å². The van der Waals surface area contributed by atoms with Crippen LogP contribution in [0, 0.1) is 0 Å². The van der Waals surface area contributed by atoms with E-state index in [1.165, 1.54) is 18.4 Å². The van der Waals surface area contributed by atoms with E-state index >= 15 is 0 Å². The van der Waals surface area contributed by atoms with E-state index in [2.05, 4.69) is 67.3 Å². The zero-order valence-electron chi connectivity index (χ0n) is 15.1. The molecular weight excluding hydrogens is 376 g/mol. The van der Waals surface area contributed by atoms with E-state index in [0.717, 1.165) is 49.5 Å². The molecule has 1 saturated carbocycles. The van der Waals surface area contributed by atoms with Gasteiger partial charge >= 0.3 is 0 Å². The largest absolute Gasteiger partial charge is 0.356 e. The van der Waals surface area contributed by atoms with Gasteiger partial charge in [0, 0.05) is 49.2 Å². The molecule has 0 amide bonds. The molecule has 1 heterocycles. The van der Waals surface area contributed by atoms with Gasteiger partial charge in [-0.3, -0.25) is 9.89 Å². The second-order valence-electron chi connectivity index (χ2n) is 7.22. The van der Waals surface area contributed by atoms with Crippen LogP contribution < -0.4 is 10.6 Å². The molecule has 3 rings (SSSR count). The number of halogens is 1. The lowest BCUT2D eigenvalue weighted by Gasteiger charge is -2.32. The van der Waals surface area contributed by atoms with E-state index in [-0.39, 0.29) is 5.41 Å². The lowest BCUT2D eigenvalue weighted by Crippen LogP contribution is -2.49. The first kappa shape index (κ1) is 18.5. The van der Waals surface area contributed by atoms with Crippen molar-refractivity contribution in [3.63, 3.8) is 0 Å². The molecule has 2 aliphatic rings. The molecule has 0 spiro atoms. The highest BCUT2D eigenvalue weighted by Gasteiger charge is 2.44. The zero-order valence-corrected chi connectivity index (χ0v) is 16.7. The highest BCUT2D eigenvalue weighted by molar-refractivity contribution is 9.10. The van der Waals surface area contributed by atoms with Gasteiger partial charge in [-0.2, -0.15) is 0 Å². The summed E-state index contributed by atoms with van der Waals surface area (Å²) < 4.78 is 1.16. The summed E-state index contributed by atoms with van der Waals surface area (Å²) in [6.07, 6.45) is 6.79. The molecule has 136 valence electrons. The number of guanidine groups is 1. The Balaban J connectivity index is 1.49. The predicted octanol–water partition coefficient (Wildman–Crippen LogP) is 3.30. The van der Waals surface area contributed by atoms with E-state index in [0.29, 0.717) is 6.04 Å². The van der Waals surface area contributed by atoms with Gasteiger partial charge < -0.3 is 10.6 Å². The zero-order chi connectivity index (χ0) is 17.7. The lowest BCUT2D eigenvalue weighted by molar-refractivity contribution is 0.225. The molecule has 0 atom stereocenters. The van der Waals surface area contributed by atoms with Crippen LogP contribution in [0.1, 0.15) is 31.2 Å². The first-order valence-corrected chi connectivity index (χ1v) is 10.0. The van der Waals surface area contributed by atoms with Gasteiger partial charge in [-0.05, 0) is 43.4 Å². The third-order valence-electron chi connectivity index (χ3n) is 5.42. The SMILES string of the molecule is C=CCN1CCC(NC(=NC)NCC2(c3cccc(Br)c3)CC2)CC1. The maximum atomic E-state index is 4.43. The van der Waals surface area contributed by atoms with Crippen LogP contribution in [0.2, 0.25) is 0 Å². The van der Waals surface area contributed by atoms with Crippen molar-refractivity contribution >= 4 is 21.9 Å². The fourth-order valence-electron chi connectivity index (χ4n) is 3.62. The van der Waals surface area contributed by atoms with Crippen molar-refractivity contribution in [3.05, 3.63) is 47.0 Å². The Morgan fingerprint density at radius 1 is 1.40 bits per heavy atom. The third-order valence-corrected chi connectivity index (χ3v) is 5.92. The molecule has 5 heteroatoms. The fraction of sp³-hybridized carbons (Fsp3) is 0.550. The maximum Gasteiger partial charge on any atom is 0.191 e. The van der Waals surface area contributed by atoms with Crippen LogP contribution in [0.3, 0.4) is 0 Å². The second-order valence-corrected chi connectivity index (χ2v) is 8.14. The van der Waals surface area contributed by atoms with Gasteiger partial charge in [0.25, 0.3) is 0 Å². The normalized spacial score (nSPS) is 21.0. The van der Waals surface area contributed by atoms with E-state index < -0.39 is 0 Å². The van der Waals surface area contributed by atoms with Crippen molar-refractivity contribution in [1.82, 2.24) is 15.5 Å². The Morgan fingerprint density at radius 3 is 2.76 bits per heavy atom. The van der Waals surface area contributed by atoms with E-state index in [9.17, 15) is 0 Å². The molecule has 0 unspecified atom stereocenters. The highest BCUT2D eigenvalue weighted by Crippen LogP contribution is 2.48. The van der Waals surface area contributed by atoms with Gasteiger partial charge in [0.1, 0.15) is 0 Å². The Bertz CT molecular complexity index is 616. The monoisotopic (exact) mass is 404 g/mol. The number of rotatable bonds is 6. The Hall–Kier alpha value is -1.33. The van der Waals surface area contributed by atoms with E-state index in [1.54, 1.807) is 0 Å². The van der Waals surface area contributed by atoms with Crippen LogP contribution in [0.5, 0.6) is 0 Å². The Kier molecular flexibility index (Phi) is 6.18. The summed E-state index contributed by atoms with van der Waals surface area (Å²) in [5.41, 5.74) is 1.69. The minimum atomic E-state index is 0.273. The van der Waals surface area contributed by atoms with Crippen LogP contribution >= 0.6 is 15.9 Å². The molecule has 1 aliphatic carbocycles. The summed E-state index contributed by atoms with van der Waals surface area (Å²) >= 11 is 3.59. The number of nitrogens with one attached hydrogen (secondary N) is 2. The summed E-state index contributed by atoms with van der Waals surface area (Å²) in [7, 11) is 1.86. The third kappa shape index (κ3) is 4.85. The number of aliphatic imine (C=N–C) groups is 1. The number of benzene rings is 1. The van der Waals surface area contributed by atoms with Crippen molar-refractivity contribution in [1.29, 1.82) is 0 Å². The molecule has 0 bridgehead atoms. The van der Waals surface area contributed by atoms with Crippen molar-refractivity contribution in [2.75, 3.05) is 33.2 Å². The minimum Gasteiger partial charge on any atom is -0.356 e. The van der Waals surface area contributed by atoms with Crippen LogP contribution in [0.15, 0.2) is 46.4 Å². The topological polar surface area (TPSA) is 39.7 Å². The first-order chi connectivity index (χ1) is 12.1. The molecule has 4 nitrogen and oxygen atoms in total. The number of hydrogen-bond acceptors (Lipinski definition) is 2. The van der Waals surface area contributed by atoms with E-state index in [4.69, 9.17) is 0 Å². The number of nitrogens with zero attached hydrogens (tertiary/aromatic N) is 2. The van der Waals surface area contributed by atoms with Crippen molar-refractivity contribution in [2.45, 2.75) is 37.1 Å². The summed E-state index contributed by atoms with van der Waals surface area (Å²) in [6.45, 7) is 8.02. The maximum absolute atomic E-state index is 4.43. The molecule has 25 heavy (non-hydrogen) atoms. The van der Waals surface area contributed by atoms with Gasteiger partial charge in [0.05, 0.1) is 0 Å². The number of likely N-dealkylation sites (tertiary alicyclic amines) is 1. The van der Waals surface area contributed by atoms with Gasteiger partial charge in [-0.15, -0.1) is 6.58 Å². The first-order valence-electron chi connectivity index (χ1n) is 9.22. The summed E-state index contributed by atoms with van der Waals surface area (Å²) in [4.78, 5) is 6.89. The Morgan fingerprint density at radius 2 is 2.16 bits per heavy atom. The standard InChI is InChI=1S/C20H29BrN4/c1-3-11-25-12-7-18(8-13-25)24-19(22-2)23-15-20(9-10-20)16-5-4-6-17(21)14-16/h3-6,14,18H,1,7-13,15H2,2H3,(H2,22,23,24). The van der Waals surface area contributed by atoms with Gasteiger partial charge in [-0.1, -0.05) is 34.1 Å². The Labute approximate surface area is 159 Å². The van der Waals surface area contributed by atoms with Crippen LogP contribution in [-0.4, -0.2) is 50.1 Å². The highest BCUT2D eigenvalue weighted by atomic mass is 79.9. The lowest BCUT2D eigenvalue weighted by atomic mass is 9.96. The fourth-order valence-corrected chi connectivity index (χ4v) is 4.02. The number of hydrogen-bond donors (Lipinski definition) is 2. The predicted molar refractivity (Wildman–Crippen MR) is 109 cm³/mol. The summed E-state index contributed by atoms with van der Waals surface area (Å²) in [5.74, 6) is 0.934. The molecule has 1 aromatic carbocycles. The number of piperidine rings is 1. The van der Waals surface area contributed by atoms with Crippen molar-refractivity contribution in [2.24, 2.45) is 4.99 Å². The molecule has 1 aliphatic heterocycles. The van der Waals surface area contributed by atoms with Crippen molar-refractivity contribution in [3.8, 4) is 0 Å². The van der Waals surface area contributed by atoms with Gasteiger partial charge in [0.2, 0.25) is 0 Å². The summed E-state index contributed by atoms with van der Waals surface area (Å²) in [6, 6.07) is 9.22. The summed E-state index contributed by atoms with van der Waals surface area (Å²) in [5, 5.41) is 7.18. The van der Waals surface area contributed by atoms with Crippen LogP contribution in [0.25, 0.3) is 0 Å². The molecule has 0 radical (unpaired) electrons. The molecule has 1 aromatic rings. The second kappa shape index (κ2) is 8.37. The van der Waals surface area contributed by atoms with E-state index in [1.807, 2.05) is 13.1 Å². The van der Waals surface area contributed by atoms with Crippen molar-refractivity contribution < 1.29 is 0 Å². The average molecular weight is 405 g/mol. The van der Waals surface area contributed by atoms with Gasteiger partial charge in [-0.25, -0.2) is 0 Å². The quantitative estimate of drug-likeness (QED) is 0.434. The molecule has 1 saturated heterocycles. The molecule has 0 aromatic heterocycles. The average Bonchev–Trinajstić information content (AvgIpc) is 3.41.